The van der Waals surface area contributed by atoms with Crippen LogP contribution in [0.1, 0.15) is 36.5 Å². The number of hydrogen-bond acceptors (Lipinski definition) is 0. The van der Waals surface area contributed by atoms with Crippen molar-refractivity contribution in [2.75, 3.05) is 0 Å². The second kappa shape index (κ2) is 7.05. The van der Waals surface area contributed by atoms with Gasteiger partial charge >= 0.3 is 0 Å². The van der Waals surface area contributed by atoms with Gasteiger partial charge in [0.25, 0.3) is 0 Å². The van der Waals surface area contributed by atoms with Crippen LogP contribution in [0.5, 0.6) is 0 Å². The Labute approximate surface area is 205 Å². The van der Waals surface area contributed by atoms with Gasteiger partial charge in [0, 0.05) is 22.4 Å². The summed E-state index contributed by atoms with van der Waals surface area (Å²) in [5.41, 5.74) is 11.9. The van der Waals surface area contributed by atoms with E-state index in [1.165, 1.54) is 76.8 Å². The molecule has 7 aromatic rings. The predicted octanol–water partition coefficient (Wildman–Crippen LogP) is 8.22. The average Bonchev–Trinajstić information content (AvgIpc) is 3.20. The van der Waals surface area contributed by atoms with Crippen LogP contribution in [0.15, 0.2) is 79.0 Å². The van der Waals surface area contributed by atoms with Crippen LogP contribution in [0.4, 0.5) is 0 Å². The minimum Gasteiger partial charge on any atom is -0.307 e. The lowest BCUT2D eigenvalue weighted by Gasteiger charge is -2.17. The van der Waals surface area contributed by atoms with E-state index < -0.39 is 0 Å². The molecule has 35 heavy (non-hydrogen) atoms. The highest BCUT2D eigenvalue weighted by Gasteiger charge is 2.26. The van der Waals surface area contributed by atoms with E-state index in [1.807, 2.05) is 0 Å². The Morgan fingerprint density at radius 3 is 2.34 bits per heavy atom. The van der Waals surface area contributed by atoms with E-state index in [0.29, 0.717) is 5.92 Å². The van der Waals surface area contributed by atoms with Crippen molar-refractivity contribution in [3.05, 3.63) is 95.7 Å². The Kier molecular flexibility index (Phi) is 4.12. The van der Waals surface area contributed by atoms with Crippen LogP contribution < -0.4 is 4.57 Å². The summed E-state index contributed by atoms with van der Waals surface area (Å²) in [4.78, 5) is 0. The van der Waals surface area contributed by atoms with Gasteiger partial charge in [0.15, 0.2) is 6.20 Å². The molecule has 0 saturated heterocycles. The Bertz CT molecular complexity index is 1940. The van der Waals surface area contributed by atoms with E-state index in [4.69, 9.17) is 0 Å². The molecule has 0 amide bonds. The largest absolute Gasteiger partial charge is 0.307 e. The average molecular weight is 454 g/mol. The second-order valence-electron chi connectivity index (χ2n) is 10.4. The van der Waals surface area contributed by atoms with Gasteiger partial charge in [-0.25, -0.2) is 4.57 Å². The molecular weight excluding hydrogens is 424 g/mol. The molecule has 3 heterocycles. The summed E-state index contributed by atoms with van der Waals surface area (Å²) < 4.78 is 4.90. The quantitative estimate of drug-likeness (QED) is 0.142. The Morgan fingerprint density at radius 2 is 1.57 bits per heavy atom. The van der Waals surface area contributed by atoms with Gasteiger partial charge in [-0.3, -0.25) is 0 Å². The molecule has 0 spiro atoms. The molecule has 0 bridgehead atoms. The van der Waals surface area contributed by atoms with Gasteiger partial charge in [0.05, 0.1) is 27.3 Å². The fourth-order valence-electron chi connectivity index (χ4n) is 6.15. The Balaban J connectivity index is 1.89. The van der Waals surface area contributed by atoms with Crippen molar-refractivity contribution in [3.63, 3.8) is 0 Å². The normalized spacial score (nSPS) is 12.4. The molecule has 0 fully saturated rings. The van der Waals surface area contributed by atoms with Gasteiger partial charge in [-0.1, -0.05) is 68.4 Å². The first-order valence-electron chi connectivity index (χ1n) is 12.6. The number of pyridine rings is 2. The molecule has 0 N–H and O–H groups in total. The second-order valence-corrected chi connectivity index (χ2v) is 10.4. The van der Waals surface area contributed by atoms with E-state index in [9.17, 15) is 0 Å². The van der Waals surface area contributed by atoms with Gasteiger partial charge in [0.1, 0.15) is 7.05 Å². The van der Waals surface area contributed by atoms with Crippen LogP contribution in [-0.4, -0.2) is 4.40 Å². The fraction of sp³-hybridized carbons (Fsp3) is 0.182. The van der Waals surface area contributed by atoms with Crippen molar-refractivity contribution in [1.29, 1.82) is 0 Å². The van der Waals surface area contributed by atoms with Crippen LogP contribution in [0, 0.1) is 13.8 Å². The van der Waals surface area contributed by atoms with Crippen molar-refractivity contribution in [3.8, 4) is 11.1 Å². The molecule has 2 heteroatoms. The number of benzene rings is 4. The summed E-state index contributed by atoms with van der Waals surface area (Å²) in [6.07, 6.45) is 2.23. The van der Waals surface area contributed by atoms with Crippen LogP contribution in [0.2, 0.25) is 0 Å². The molecule has 7 rings (SSSR count). The first-order valence-corrected chi connectivity index (χ1v) is 12.6. The molecule has 2 nitrogen and oxygen atoms in total. The van der Waals surface area contributed by atoms with Gasteiger partial charge in [-0.15, -0.1) is 0 Å². The Hall–Kier alpha value is -3.91. The molecule has 170 valence electrons. The highest BCUT2D eigenvalue weighted by Crippen LogP contribution is 2.44. The SMILES string of the molecule is Cc1cc2c3cccc(-c4ccccc4)c3n3c4cc(C(C)C)cc5cc[n+](C)c(c(c1C)c23)c54. The van der Waals surface area contributed by atoms with E-state index in [2.05, 4.69) is 123 Å². The third-order valence-corrected chi connectivity index (χ3v) is 8.06. The van der Waals surface area contributed by atoms with Crippen molar-refractivity contribution in [2.24, 2.45) is 7.05 Å². The summed E-state index contributed by atoms with van der Waals surface area (Å²) in [5, 5.41) is 6.70. The fourth-order valence-corrected chi connectivity index (χ4v) is 6.15. The molecule has 0 aliphatic rings. The third kappa shape index (κ3) is 2.63. The number of aryl methyl sites for hydroxylation is 3. The summed E-state index contributed by atoms with van der Waals surface area (Å²) >= 11 is 0. The summed E-state index contributed by atoms with van der Waals surface area (Å²) in [7, 11) is 2.19. The number of fused-ring (bicyclic) bond motifs is 5. The summed E-state index contributed by atoms with van der Waals surface area (Å²) in [5.74, 6) is 0.458. The van der Waals surface area contributed by atoms with Crippen molar-refractivity contribution in [2.45, 2.75) is 33.6 Å². The number of nitrogens with zero attached hydrogens (tertiary/aromatic N) is 2. The van der Waals surface area contributed by atoms with Crippen LogP contribution in [0.25, 0.3) is 60.1 Å². The van der Waals surface area contributed by atoms with E-state index in [0.717, 1.165) is 0 Å². The van der Waals surface area contributed by atoms with Crippen molar-refractivity contribution in [1.82, 2.24) is 4.40 Å². The number of rotatable bonds is 2. The van der Waals surface area contributed by atoms with Crippen LogP contribution in [-0.2, 0) is 7.05 Å². The zero-order chi connectivity index (χ0) is 24.0. The molecule has 0 unspecified atom stereocenters. The van der Waals surface area contributed by atoms with Gasteiger partial charge < -0.3 is 4.40 Å². The van der Waals surface area contributed by atoms with Gasteiger partial charge in [-0.05, 0) is 59.5 Å². The van der Waals surface area contributed by atoms with Crippen LogP contribution >= 0.6 is 0 Å². The molecule has 0 aliphatic carbocycles. The lowest BCUT2D eigenvalue weighted by atomic mass is 9.94. The van der Waals surface area contributed by atoms with Gasteiger partial charge in [-0.2, -0.15) is 0 Å². The first kappa shape index (κ1) is 20.5. The molecule has 4 aromatic carbocycles. The smallest absolute Gasteiger partial charge is 0.224 e. The maximum absolute atomic E-state index is 2.58. The predicted molar refractivity (Wildman–Crippen MR) is 149 cm³/mol. The minimum atomic E-state index is 0.458. The van der Waals surface area contributed by atoms with Gasteiger partial charge in [0.2, 0.25) is 5.52 Å². The first-order chi connectivity index (χ1) is 17.0. The van der Waals surface area contributed by atoms with E-state index in [-0.39, 0.29) is 0 Å². The zero-order valence-corrected chi connectivity index (χ0v) is 21.0. The number of para-hydroxylation sites is 1. The standard InChI is InChI=1S/C33H29N2/c1-19(2)24-17-23-14-15-34(5)33-29-21(4)20(3)16-27-26-13-9-12-25(22-10-7-6-8-11-22)31(26)35(32(27)29)28(18-24)30(23)33/h6-19H,1-5H3/q+1. The molecule has 0 radical (unpaired) electrons. The van der Waals surface area contributed by atoms with Crippen LogP contribution in [0.3, 0.4) is 0 Å². The molecule has 0 saturated carbocycles. The third-order valence-electron chi connectivity index (χ3n) is 8.06. The maximum atomic E-state index is 2.58. The monoisotopic (exact) mass is 453 g/mol. The maximum Gasteiger partial charge on any atom is 0.224 e. The molecular formula is C33H29N2+. The number of aromatic nitrogens is 2. The summed E-state index contributed by atoms with van der Waals surface area (Å²) in [6.45, 7) is 9.13. The van der Waals surface area contributed by atoms with E-state index in [1.54, 1.807) is 0 Å². The zero-order valence-electron chi connectivity index (χ0n) is 21.0. The molecule has 0 atom stereocenters. The molecule has 3 aromatic heterocycles. The number of hydrogen-bond donors (Lipinski definition) is 0. The highest BCUT2D eigenvalue weighted by molar-refractivity contribution is 6.27. The lowest BCUT2D eigenvalue weighted by Crippen LogP contribution is -2.29. The van der Waals surface area contributed by atoms with Crippen molar-refractivity contribution >= 4 is 49.0 Å². The topological polar surface area (TPSA) is 8.29 Å². The molecule has 0 aliphatic heterocycles. The minimum absolute atomic E-state index is 0.458. The highest BCUT2D eigenvalue weighted by atomic mass is 15.0. The summed E-state index contributed by atoms with van der Waals surface area (Å²) in [6, 6.07) is 27.2. The van der Waals surface area contributed by atoms with Crippen molar-refractivity contribution < 1.29 is 4.57 Å². The van der Waals surface area contributed by atoms with E-state index >= 15 is 0 Å². The lowest BCUT2D eigenvalue weighted by molar-refractivity contribution is -0.643. The Morgan fingerprint density at radius 1 is 0.771 bits per heavy atom.